The molecule has 1 aliphatic heterocycles. The second-order valence-electron chi connectivity index (χ2n) is 7.63. The predicted octanol–water partition coefficient (Wildman–Crippen LogP) is 3.87. The number of sulfone groups is 1. The lowest BCUT2D eigenvalue weighted by Crippen LogP contribution is -2.40. The van der Waals surface area contributed by atoms with E-state index in [1.165, 1.54) is 34.6 Å². The molecule has 1 atom stereocenters. The standard InChI is InChI=1S/C23H22FNO4S2/c24-21-8-4-5-18(15-21)16-25(22-13-14-30(26,27)17-22)31(28,29)23-11-9-20(10-12-23)19-6-2-1-3-7-19/h1-12,15,22H,13-14,16-17H2. The molecule has 3 aromatic carbocycles. The fourth-order valence-electron chi connectivity index (χ4n) is 3.81. The lowest BCUT2D eigenvalue weighted by molar-refractivity contribution is 0.334. The predicted molar refractivity (Wildman–Crippen MR) is 118 cm³/mol. The summed E-state index contributed by atoms with van der Waals surface area (Å²) in [7, 11) is -7.30. The van der Waals surface area contributed by atoms with Crippen molar-refractivity contribution in [1.29, 1.82) is 0 Å². The van der Waals surface area contributed by atoms with Gasteiger partial charge in [0, 0.05) is 12.6 Å². The van der Waals surface area contributed by atoms with Crippen molar-refractivity contribution in [2.24, 2.45) is 0 Å². The van der Waals surface area contributed by atoms with Crippen LogP contribution in [0.1, 0.15) is 12.0 Å². The summed E-state index contributed by atoms with van der Waals surface area (Å²) in [6, 6.07) is 21.1. The Morgan fingerprint density at radius 1 is 0.903 bits per heavy atom. The Morgan fingerprint density at radius 3 is 2.19 bits per heavy atom. The smallest absolute Gasteiger partial charge is 0.229 e. The maximum atomic E-state index is 13.7. The van der Waals surface area contributed by atoms with Crippen molar-refractivity contribution in [2.45, 2.75) is 23.9 Å². The molecule has 1 aliphatic rings. The highest BCUT2D eigenvalue weighted by molar-refractivity contribution is 7.92. The van der Waals surface area contributed by atoms with Crippen molar-refractivity contribution in [3.8, 4) is 11.1 Å². The van der Waals surface area contributed by atoms with Gasteiger partial charge in [-0.3, -0.25) is 0 Å². The Hall–Kier alpha value is -2.55. The molecule has 0 amide bonds. The third-order valence-electron chi connectivity index (χ3n) is 5.41. The summed E-state index contributed by atoms with van der Waals surface area (Å²) in [4.78, 5) is 0.0767. The molecule has 8 heteroatoms. The van der Waals surface area contributed by atoms with Crippen LogP contribution in [0.15, 0.2) is 83.8 Å². The second-order valence-corrected chi connectivity index (χ2v) is 11.7. The summed E-state index contributed by atoms with van der Waals surface area (Å²) < 4.78 is 66.0. The monoisotopic (exact) mass is 459 g/mol. The van der Waals surface area contributed by atoms with E-state index in [-0.39, 0.29) is 29.4 Å². The zero-order valence-electron chi connectivity index (χ0n) is 16.7. The molecule has 1 fully saturated rings. The minimum Gasteiger partial charge on any atom is -0.229 e. The number of nitrogens with zero attached hydrogens (tertiary/aromatic N) is 1. The molecule has 3 aromatic rings. The van der Waals surface area contributed by atoms with Crippen LogP contribution in [-0.4, -0.2) is 38.7 Å². The van der Waals surface area contributed by atoms with Gasteiger partial charge in [-0.15, -0.1) is 0 Å². The number of hydrogen-bond donors (Lipinski definition) is 0. The zero-order valence-corrected chi connectivity index (χ0v) is 18.3. The van der Waals surface area contributed by atoms with Crippen molar-refractivity contribution >= 4 is 19.9 Å². The summed E-state index contributed by atoms with van der Waals surface area (Å²) >= 11 is 0. The molecule has 0 radical (unpaired) electrons. The molecule has 0 saturated carbocycles. The number of sulfonamides is 1. The summed E-state index contributed by atoms with van der Waals surface area (Å²) in [6.07, 6.45) is 0.221. The third-order valence-corrected chi connectivity index (χ3v) is 9.07. The van der Waals surface area contributed by atoms with E-state index in [0.717, 1.165) is 11.1 Å². The zero-order chi connectivity index (χ0) is 22.1. The van der Waals surface area contributed by atoms with Crippen LogP contribution in [0.5, 0.6) is 0 Å². The van der Waals surface area contributed by atoms with Gasteiger partial charge in [0.05, 0.1) is 16.4 Å². The van der Waals surface area contributed by atoms with Crippen LogP contribution in [0.3, 0.4) is 0 Å². The van der Waals surface area contributed by atoms with Crippen molar-refractivity contribution in [3.63, 3.8) is 0 Å². The van der Waals surface area contributed by atoms with Gasteiger partial charge in [-0.2, -0.15) is 4.31 Å². The number of benzene rings is 3. The summed E-state index contributed by atoms with van der Waals surface area (Å²) in [5.41, 5.74) is 2.30. The highest BCUT2D eigenvalue weighted by Gasteiger charge is 2.38. The fourth-order valence-corrected chi connectivity index (χ4v) is 7.28. The van der Waals surface area contributed by atoms with Crippen molar-refractivity contribution in [2.75, 3.05) is 11.5 Å². The summed E-state index contributed by atoms with van der Waals surface area (Å²) in [5, 5.41) is 0. The molecule has 0 aliphatic carbocycles. The van der Waals surface area contributed by atoms with Gasteiger partial charge in [-0.05, 0) is 47.4 Å². The van der Waals surface area contributed by atoms with Crippen molar-refractivity contribution in [3.05, 3.63) is 90.2 Å². The average molecular weight is 460 g/mol. The largest absolute Gasteiger partial charge is 0.243 e. The lowest BCUT2D eigenvalue weighted by atomic mass is 10.1. The van der Waals surface area contributed by atoms with Crippen LogP contribution in [0.4, 0.5) is 4.39 Å². The maximum absolute atomic E-state index is 13.7. The highest BCUT2D eigenvalue weighted by atomic mass is 32.2. The van der Waals surface area contributed by atoms with E-state index >= 15 is 0 Å². The van der Waals surface area contributed by atoms with Crippen molar-refractivity contribution in [1.82, 2.24) is 4.31 Å². The first-order chi connectivity index (χ1) is 14.7. The van der Waals surface area contributed by atoms with Crippen molar-refractivity contribution < 1.29 is 21.2 Å². The molecule has 0 bridgehead atoms. The van der Waals surface area contributed by atoms with Gasteiger partial charge in [-0.25, -0.2) is 21.2 Å². The lowest BCUT2D eigenvalue weighted by Gasteiger charge is -2.27. The topological polar surface area (TPSA) is 71.5 Å². The molecule has 0 N–H and O–H groups in total. The average Bonchev–Trinajstić information content (AvgIpc) is 3.12. The van der Waals surface area contributed by atoms with Crippen LogP contribution in [0.2, 0.25) is 0 Å². The summed E-state index contributed by atoms with van der Waals surface area (Å²) in [5.74, 6) is -0.759. The van der Waals surface area contributed by atoms with E-state index in [1.54, 1.807) is 18.2 Å². The van der Waals surface area contributed by atoms with E-state index in [0.29, 0.717) is 5.56 Å². The molecule has 1 heterocycles. The molecular formula is C23H22FNO4S2. The van der Waals surface area contributed by atoms with Gasteiger partial charge in [-0.1, -0.05) is 54.6 Å². The van der Waals surface area contributed by atoms with E-state index in [9.17, 15) is 21.2 Å². The first-order valence-corrected chi connectivity index (χ1v) is 13.1. The minimum absolute atomic E-state index is 0.0558. The van der Waals surface area contributed by atoms with Crippen LogP contribution in [-0.2, 0) is 26.4 Å². The maximum Gasteiger partial charge on any atom is 0.243 e. The fraction of sp³-hybridized carbons (Fsp3) is 0.217. The molecular weight excluding hydrogens is 437 g/mol. The molecule has 31 heavy (non-hydrogen) atoms. The van der Waals surface area contributed by atoms with Crippen LogP contribution < -0.4 is 0 Å². The van der Waals surface area contributed by atoms with Gasteiger partial charge in [0.15, 0.2) is 9.84 Å². The van der Waals surface area contributed by atoms with Gasteiger partial charge >= 0.3 is 0 Å². The number of rotatable bonds is 6. The minimum atomic E-state index is -4.00. The first-order valence-electron chi connectivity index (χ1n) is 9.87. The molecule has 162 valence electrons. The molecule has 0 aromatic heterocycles. The molecule has 4 rings (SSSR count). The Bertz CT molecular complexity index is 1270. The van der Waals surface area contributed by atoms with E-state index < -0.39 is 31.7 Å². The first kappa shape index (κ1) is 21.7. The van der Waals surface area contributed by atoms with Crippen LogP contribution in [0.25, 0.3) is 11.1 Å². The van der Waals surface area contributed by atoms with E-state index in [1.807, 2.05) is 30.3 Å². The summed E-state index contributed by atoms with van der Waals surface area (Å²) in [6.45, 7) is -0.0965. The Balaban J connectivity index is 1.69. The van der Waals surface area contributed by atoms with Gasteiger partial charge in [0.1, 0.15) is 5.82 Å². The number of halogens is 1. The SMILES string of the molecule is O=S1(=O)CCC(N(Cc2cccc(F)c2)S(=O)(=O)c2ccc(-c3ccccc3)cc2)C1. The van der Waals surface area contributed by atoms with Gasteiger partial charge in [0.2, 0.25) is 10.0 Å². The highest BCUT2D eigenvalue weighted by Crippen LogP contribution is 2.29. The quantitative estimate of drug-likeness (QED) is 0.561. The van der Waals surface area contributed by atoms with Gasteiger partial charge < -0.3 is 0 Å². The molecule has 5 nitrogen and oxygen atoms in total. The third kappa shape index (κ3) is 4.87. The Labute approximate surface area is 182 Å². The second kappa shape index (κ2) is 8.53. The van der Waals surface area contributed by atoms with Gasteiger partial charge in [0.25, 0.3) is 0 Å². The van der Waals surface area contributed by atoms with Crippen LogP contribution in [0, 0.1) is 5.82 Å². The Kier molecular flexibility index (Phi) is 5.96. The molecule has 1 saturated heterocycles. The normalized spacial score (nSPS) is 18.3. The molecule has 1 unspecified atom stereocenters. The van der Waals surface area contributed by atoms with E-state index in [4.69, 9.17) is 0 Å². The van der Waals surface area contributed by atoms with Crippen LogP contribution >= 0.6 is 0 Å². The number of hydrogen-bond acceptors (Lipinski definition) is 4. The Morgan fingerprint density at radius 2 is 1.58 bits per heavy atom. The molecule has 0 spiro atoms. The van der Waals surface area contributed by atoms with E-state index in [2.05, 4.69) is 0 Å².